The Morgan fingerprint density at radius 3 is 2.39 bits per heavy atom. The van der Waals surface area contributed by atoms with Crippen molar-refractivity contribution in [3.05, 3.63) is 52.5 Å². The first-order valence-corrected chi connectivity index (χ1v) is 11.8. The number of benzene rings is 2. The van der Waals surface area contributed by atoms with Crippen LogP contribution in [-0.4, -0.2) is 30.3 Å². The second-order valence-electron chi connectivity index (χ2n) is 8.34. The topological polar surface area (TPSA) is 99.3 Å². The molecule has 2 aromatic rings. The summed E-state index contributed by atoms with van der Waals surface area (Å²) in [6.07, 6.45) is 5.83. The van der Waals surface area contributed by atoms with E-state index in [-0.39, 0.29) is 30.3 Å². The van der Waals surface area contributed by atoms with E-state index in [1.54, 1.807) is 37.3 Å². The molecule has 3 amide bonds. The van der Waals surface area contributed by atoms with Crippen molar-refractivity contribution >= 4 is 46.4 Å². The number of hydrogen-bond donors (Lipinski definition) is 4. The Hall–Kier alpha value is -3.06. The first-order chi connectivity index (χ1) is 15.9. The van der Waals surface area contributed by atoms with Crippen LogP contribution < -0.4 is 21.3 Å². The van der Waals surface area contributed by atoms with Gasteiger partial charge in [-0.2, -0.15) is 0 Å². The molecule has 33 heavy (non-hydrogen) atoms. The van der Waals surface area contributed by atoms with Gasteiger partial charge in [-0.1, -0.05) is 43.9 Å². The number of amides is 3. The maximum absolute atomic E-state index is 12.7. The standard InChI is InChI=1S/C25H31ClN4O3/c1-3-23(31)30-22-14-19(10-9-16(22)2)28-24(32)15-27-18-11-12-21(26)20(13-18)25(33)29-17-7-5-4-6-8-17/h9-14,17,27H,3-8,15H2,1-2H3,(H,28,32)(H,29,33)(H,30,31). The van der Waals surface area contributed by atoms with Gasteiger partial charge in [-0.25, -0.2) is 0 Å². The molecule has 8 heteroatoms. The zero-order valence-corrected chi connectivity index (χ0v) is 19.8. The van der Waals surface area contributed by atoms with Crippen molar-refractivity contribution in [3.8, 4) is 0 Å². The fourth-order valence-corrected chi connectivity index (χ4v) is 3.98. The van der Waals surface area contributed by atoms with E-state index < -0.39 is 0 Å². The average molecular weight is 471 g/mol. The van der Waals surface area contributed by atoms with Gasteiger partial charge >= 0.3 is 0 Å². The molecule has 0 spiro atoms. The van der Waals surface area contributed by atoms with E-state index >= 15 is 0 Å². The van der Waals surface area contributed by atoms with Crippen LogP contribution in [0.25, 0.3) is 0 Å². The fraction of sp³-hybridized carbons (Fsp3) is 0.400. The molecule has 176 valence electrons. The number of rotatable bonds is 8. The molecular weight excluding hydrogens is 440 g/mol. The Morgan fingerprint density at radius 2 is 1.67 bits per heavy atom. The molecule has 0 bridgehead atoms. The number of hydrogen-bond acceptors (Lipinski definition) is 4. The fourth-order valence-electron chi connectivity index (χ4n) is 3.78. The van der Waals surface area contributed by atoms with E-state index in [4.69, 9.17) is 11.6 Å². The summed E-state index contributed by atoms with van der Waals surface area (Å²) in [7, 11) is 0. The number of carbonyl (C=O) groups excluding carboxylic acids is 3. The summed E-state index contributed by atoms with van der Waals surface area (Å²) < 4.78 is 0. The van der Waals surface area contributed by atoms with Crippen molar-refractivity contribution in [1.82, 2.24) is 5.32 Å². The maximum Gasteiger partial charge on any atom is 0.253 e. The monoisotopic (exact) mass is 470 g/mol. The molecule has 7 nitrogen and oxygen atoms in total. The van der Waals surface area contributed by atoms with Crippen LogP contribution in [0.1, 0.15) is 61.4 Å². The predicted molar refractivity (Wildman–Crippen MR) is 133 cm³/mol. The number of aryl methyl sites for hydroxylation is 1. The van der Waals surface area contributed by atoms with Gasteiger partial charge in [0.2, 0.25) is 11.8 Å². The summed E-state index contributed by atoms with van der Waals surface area (Å²) in [5, 5.41) is 12.1. The molecule has 2 aromatic carbocycles. The molecule has 4 N–H and O–H groups in total. The van der Waals surface area contributed by atoms with Gasteiger partial charge in [0.1, 0.15) is 0 Å². The molecule has 1 aliphatic rings. The van der Waals surface area contributed by atoms with Crippen molar-refractivity contribution in [2.45, 2.75) is 58.4 Å². The molecule has 0 aliphatic heterocycles. The molecule has 0 radical (unpaired) electrons. The van der Waals surface area contributed by atoms with Crippen LogP contribution in [0.4, 0.5) is 17.1 Å². The largest absolute Gasteiger partial charge is 0.376 e. The van der Waals surface area contributed by atoms with Gasteiger partial charge in [0, 0.05) is 29.5 Å². The Balaban J connectivity index is 1.58. The van der Waals surface area contributed by atoms with Crippen LogP contribution in [0, 0.1) is 6.92 Å². The van der Waals surface area contributed by atoms with Crippen LogP contribution in [0.15, 0.2) is 36.4 Å². The average Bonchev–Trinajstić information content (AvgIpc) is 2.81. The highest BCUT2D eigenvalue weighted by Gasteiger charge is 2.18. The summed E-state index contributed by atoms with van der Waals surface area (Å²) in [5.41, 5.74) is 3.18. The molecule has 0 atom stereocenters. The van der Waals surface area contributed by atoms with Crippen LogP contribution in [0.2, 0.25) is 5.02 Å². The maximum atomic E-state index is 12.7. The van der Waals surface area contributed by atoms with Gasteiger partial charge < -0.3 is 21.3 Å². The molecule has 0 heterocycles. The molecule has 1 saturated carbocycles. The first-order valence-electron chi connectivity index (χ1n) is 11.4. The molecular formula is C25H31ClN4O3. The lowest BCUT2D eigenvalue weighted by molar-refractivity contribution is -0.116. The van der Waals surface area contributed by atoms with E-state index in [2.05, 4.69) is 21.3 Å². The Bertz CT molecular complexity index is 1020. The lowest BCUT2D eigenvalue weighted by atomic mass is 9.95. The summed E-state index contributed by atoms with van der Waals surface area (Å²) in [5.74, 6) is -0.537. The highest BCUT2D eigenvalue weighted by Crippen LogP contribution is 2.23. The Labute approximate surface area is 199 Å². The molecule has 0 saturated heterocycles. The molecule has 0 unspecified atom stereocenters. The van der Waals surface area contributed by atoms with E-state index in [0.29, 0.717) is 34.1 Å². The van der Waals surface area contributed by atoms with Gasteiger partial charge in [0.25, 0.3) is 5.91 Å². The van der Waals surface area contributed by atoms with Crippen molar-refractivity contribution < 1.29 is 14.4 Å². The highest BCUT2D eigenvalue weighted by atomic mass is 35.5. The van der Waals surface area contributed by atoms with Gasteiger partial charge in [0.05, 0.1) is 17.1 Å². The zero-order chi connectivity index (χ0) is 23.8. The van der Waals surface area contributed by atoms with Crippen LogP contribution in [0.3, 0.4) is 0 Å². The normalized spacial score (nSPS) is 13.8. The van der Waals surface area contributed by atoms with Crippen molar-refractivity contribution in [2.24, 2.45) is 0 Å². The Kier molecular flexibility index (Phi) is 8.72. The second kappa shape index (κ2) is 11.7. The number of anilines is 3. The lowest BCUT2D eigenvalue weighted by Crippen LogP contribution is -2.36. The first kappa shape index (κ1) is 24.6. The summed E-state index contributed by atoms with van der Waals surface area (Å²) in [6.45, 7) is 3.68. The minimum absolute atomic E-state index is 0.00977. The van der Waals surface area contributed by atoms with Crippen LogP contribution in [-0.2, 0) is 9.59 Å². The third-order valence-electron chi connectivity index (χ3n) is 5.72. The molecule has 0 aromatic heterocycles. The second-order valence-corrected chi connectivity index (χ2v) is 8.74. The molecule has 3 rings (SSSR count). The van der Waals surface area contributed by atoms with E-state index in [1.165, 1.54) is 6.42 Å². The number of halogens is 1. The minimum atomic E-state index is -0.255. The SMILES string of the molecule is CCC(=O)Nc1cc(NC(=O)CNc2ccc(Cl)c(C(=O)NC3CCCCC3)c2)ccc1C. The summed E-state index contributed by atoms with van der Waals surface area (Å²) >= 11 is 6.25. The quantitative estimate of drug-likeness (QED) is 0.430. The molecule has 1 fully saturated rings. The minimum Gasteiger partial charge on any atom is -0.376 e. The predicted octanol–water partition coefficient (Wildman–Crippen LogP) is 5.11. The molecule has 1 aliphatic carbocycles. The highest BCUT2D eigenvalue weighted by molar-refractivity contribution is 6.34. The van der Waals surface area contributed by atoms with Crippen LogP contribution in [0.5, 0.6) is 0 Å². The summed E-state index contributed by atoms with van der Waals surface area (Å²) in [4.78, 5) is 36.8. The summed E-state index contributed by atoms with van der Waals surface area (Å²) in [6, 6.07) is 10.6. The smallest absolute Gasteiger partial charge is 0.253 e. The zero-order valence-electron chi connectivity index (χ0n) is 19.1. The number of carbonyl (C=O) groups is 3. The third-order valence-corrected chi connectivity index (χ3v) is 6.05. The van der Waals surface area contributed by atoms with Crippen molar-refractivity contribution in [1.29, 1.82) is 0 Å². The van der Waals surface area contributed by atoms with E-state index in [9.17, 15) is 14.4 Å². The van der Waals surface area contributed by atoms with Crippen LogP contribution >= 0.6 is 11.6 Å². The van der Waals surface area contributed by atoms with E-state index in [1.807, 2.05) is 13.0 Å². The number of nitrogens with one attached hydrogen (secondary N) is 4. The van der Waals surface area contributed by atoms with E-state index in [0.717, 1.165) is 31.2 Å². The Morgan fingerprint density at radius 1 is 0.939 bits per heavy atom. The van der Waals surface area contributed by atoms with Crippen molar-refractivity contribution in [3.63, 3.8) is 0 Å². The van der Waals surface area contributed by atoms with Gasteiger partial charge in [-0.15, -0.1) is 0 Å². The third kappa shape index (κ3) is 7.22. The van der Waals surface area contributed by atoms with Crippen molar-refractivity contribution in [2.75, 3.05) is 22.5 Å². The lowest BCUT2D eigenvalue weighted by Gasteiger charge is -2.23. The van der Waals surface area contributed by atoms with Gasteiger partial charge in [-0.3, -0.25) is 14.4 Å². The van der Waals surface area contributed by atoms with Gasteiger partial charge in [-0.05, 0) is 55.7 Å². The van der Waals surface area contributed by atoms with Gasteiger partial charge in [0.15, 0.2) is 0 Å².